The molecule has 0 saturated heterocycles. The summed E-state index contributed by atoms with van der Waals surface area (Å²) in [6.45, 7) is 4.55. The fraction of sp³-hybridized carbons (Fsp3) is 0.857. The topological polar surface area (TPSA) is 38.0 Å². The molecular weight excluding hydrogens is 196 g/mol. The van der Waals surface area contributed by atoms with Crippen LogP contribution in [0.1, 0.15) is 51.9 Å². The van der Waals surface area contributed by atoms with Crippen molar-refractivity contribution in [2.75, 3.05) is 13.1 Å². The van der Waals surface area contributed by atoms with Crippen LogP contribution in [0.5, 0.6) is 0 Å². The number of hydrogen-bond acceptors (Lipinski definition) is 2. The van der Waals surface area contributed by atoms with Crippen LogP contribution in [0.4, 0.5) is 0 Å². The molecule has 3 N–H and O–H groups in total. The van der Waals surface area contributed by atoms with Crippen LogP contribution in [-0.4, -0.2) is 19.1 Å². The van der Waals surface area contributed by atoms with Gasteiger partial charge < -0.3 is 11.1 Å². The second kappa shape index (κ2) is 8.77. The third kappa shape index (κ3) is 6.29. The lowest BCUT2D eigenvalue weighted by Crippen LogP contribution is -2.24. The van der Waals surface area contributed by atoms with Crippen molar-refractivity contribution < 1.29 is 0 Å². The molecule has 1 rings (SSSR count). The van der Waals surface area contributed by atoms with Crippen LogP contribution in [0, 0.1) is 5.92 Å². The van der Waals surface area contributed by atoms with Crippen molar-refractivity contribution in [2.45, 2.75) is 57.9 Å². The fourth-order valence-electron chi connectivity index (χ4n) is 2.28. The molecule has 0 aromatic carbocycles. The van der Waals surface area contributed by atoms with Gasteiger partial charge >= 0.3 is 0 Å². The molecule has 2 heteroatoms. The maximum absolute atomic E-state index is 5.81. The van der Waals surface area contributed by atoms with Crippen molar-refractivity contribution >= 4 is 0 Å². The Morgan fingerprint density at radius 3 is 2.56 bits per heavy atom. The largest absolute Gasteiger partial charge is 0.324 e. The van der Waals surface area contributed by atoms with Gasteiger partial charge in [-0.1, -0.05) is 51.2 Å². The standard InChI is InChI=1S/C14H28N2/c1-2-3-4-5-6-7-10-16-12-13-8-9-14(15)11-13/h8-9,13-14,16H,2-7,10-12,15H2,1H3. The molecule has 0 aromatic rings. The Morgan fingerprint density at radius 1 is 1.12 bits per heavy atom. The second-order valence-corrected chi connectivity index (χ2v) is 5.02. The van der Waals surface area contributed by atoms with E-state index in [1.807, 2.05) is 0 Å². The fourth-order valence-corrected chi connectivity index (χ4v) is 2.28. The highest BCUT2D eigenvalue weighted by atomic mass is 14.9. The molecule has 16 heavy (non-hydrogen) atoms. The van der Waals surface area contributed by atoms with Gasteiger partial charge in [-0.3, -0.25) is 0 Å². The van der Waals surface area contributed by atoms with Crippen LogP contribution in [0.3, 0.4) is 0 Å². The molecule has 0 aromatic heterocycles. The summed E-state index contributed by atoms with van der Waals surface area (Å²) in [4.78, 5) is 0. The van der Waals surface area contributed by atoms with E-state index < -0.39 is 0 Å². The minimum absolute atomic E-state index is 0.306. The molecule has 0 bridgehead atoms. The van der Waals surface area contributed by atoms with Crippen molar-refractivity contribution in [3.8, 4) is 0 Å². The summed E-state index contributed by atoms with van der Waals surface area (Å²) in [5.41, 5.74) is 5.81. The first-order chi connectivity index (χ1) is 7.83. The van der Waals surface area contributed by atoms with E-state index in [0.717, 1.165) is 13.0 Å². The number of nitrogens with one attached hydrogen (secondary N) is 1. The van der Waals surface area contributed by atoms with Crippen LogP contribution in [-0.2, 0) is 0 Å². The minimum atomic E-state index is 0.306. The van der Waals surface area contributed by atoms with Gasteiger partial charge in [-0.2, -0.15) is 0 Å². The third-order valence-electron chi connectivity index (χ3n) is 3.32. The Balaban J connectivity index is 1.80. The predicted octanol–water partition coefficient (Wildman–Crippen LogP) is 2.84. The third-order valence-corrected chi connectivity index (χ3v) is 3.32. The van der Waals surface area contributed by atoms with Crippen molar-refractivity contribution in [3.05, 3.63) is 12.2 Å². The highest BCUT2D eigenvalue weighted by Crippen LogP contribution is 2.14. The molecule has 0 radical (unpaired) electrons. The van der Waals surface area contributed by atoms with Crippen LogP contribution in [0.25, 0.3) is 0 Å². The van der Waals surface area contributed by atoms with Gasteiger partial charge in [0.05, 0.1) is 0 Å². The molecule has 0 heterocycles. The van der Waals surface area contributed by atoms with E-state index in [-0.39, 0.29) is 0 Å². The molecule has 0 aliphatic heterocycles. The Morgan fingerprint density at radius 2 is 1.88 bits per heavy atom. The summed E-state index contributed by atoms with van der Waals surface area (Å²) >= 11 is 0. The van der Waals surface area contributed by atoms with Crippen molar-refractivity contribution in [1.29, 1.82) is 0 Å². The smallest absolute Gasteiger partial charge is 0.0229 e. The van der Waals surface area contributed by atoms with E-state index in [1.54, 1.807) is 0 Å². The number of unbranched alkanes of at least 4 members (excludes halogenated alkanes) is 5. The highest BCUT2D eigenvalue weighted by Gasteiger charge is 2.14. The quantitative estimate of drug-likeness (QED) is 0.467. The van der Waals surface area contributed by atoms with Gasteiger partial charge in [-0.25, -0.2) is 0 Å². The number of rotatable bonds is 9. The second-order valence-electron chi connectivity index (χ2n) is 5.02. The molecule has 94 valence electrons. The number of nitrogens with two attached hydrogens (primary N) is 1. The summed E-state index contributed by atoms with van der Waals surface area (Å²) in [7, 11) is 0. The van der Waals surface area contributed by atoms with Crippen LogP contribution in [0.15, 0.2) is 12.2 Å². The van der Waals surface area contributed by atoms with Gasteiger partial charge in [0.15, 0.2) is 0 Å². The van der Waals surface area contributed by atoms with E-state index in [4.69, 9.17) is 5.73 Å². The van der Waals surface area contributed by atoms with Gasteiger partial charge in [0.2, 0.25) is 0 Å². The summed E-state index contributed by atoms with van der Waals surface area (Å²) in [5, 5.41) is 3.53. The number of hydrogen-bond donors (Lipinski definition) is 2. The van der Waals surface area contributed by atoms with Gasteiger partial charge in [-0.05, 0) is 25.3 Å². The van der Waals surface area contributed by atoms with Gasteiger partial charge in [0.25, 0.3) is 0 Å². The zero-order valence-corrected chi connectivity index (χ0v) is 10.8. The molecule has 2 nitrogen and oxygen atoms in total. The molecule has 0 amide bonds. The van der Waals surface area contributed by atoms with E-state index in [1.165, 1.54) is 45.1 Å². The molecule has 2 atom stereocenters. The lowest BCUT2D eigenvalue weighted by molar-refractivity contribution is 0.508. The average Bonchev–Trinajstić information content (AvgIpc) is 2.68. The molecule has 0 fully saturated rings. The van der Waals surface area contributed by atoms with Crippen molar-refractivity contribution in [2.24, 2.45) is 11.7 Å². The Labute approximate surface area is 101 Å². The van der Waals surface area contributed by atoms with Gasteiger partial charge in [0, 0.05) is 12.6 Å². The van der Waals surface area contributed by atoms with Gasteiger partial charge in [0.1, 0.15) is 0 Å². The lowest BCUT2D eigenvalue weighted by Gasteiger charge is -2.10. The first kappa shape index (κ1) is 13.7. The van der Waals surface area contributed by atoms with E-state index >= 15 is 0 Å². The van der Waals surface area contributed by atoms with Crippen LogP contribution < -0.4 is 11.1 Å². The summed E-state index contributed by atoms with van der Waals surface area (Å²) in [5.74, 6) is 0.676. The zero-order valence-electron chi connectivity index (χ0n) is 10.8. The van der Waals surface area contributed by atoms with Crippen molar-refractivity contribution in [1.82, 2.24) is 5.32 Å². The minimum Gasteiger partial charge on any atom is -0.324 e. The summed E-state index contributed by atoms with van der Waals surface area (Å²) < 4.78 is 0. The summed E-state index contributed by atoms with van der Waals surface area (Å²) in [6.07, 6.45) is 13.8. The van der Waals surface area contributed by atoms with Gasteiger partial charge in [-0.15, -0.1) is 0 Å². The van der Waals surface area contributed by atoms with Crippen LogP contribution >= 0.6 is 0 Å². The molecule has 1 aliphatic carbocycles. The zero-order chi connectivity index (χ0) is 11.6. The monoisotopic (exact) mass is 224 g/mol. The van der Waals surface area contributed by atoms with E-state index in [9.17, 15) is 0 Å². The SMILES string of the molecule is CCCCCCCCNCC1C=CC(N)C1. The molecular formula is C14H28N2. The molecule has 0 saturated carbocycles. The van der Waals surface area contributed by atoms with Crippen LogP contribution in [0.2, 0.25) is 0 Å². The maximum atomic E-state index is 5.81. The Hall–Kier alpha value is -0.340. The summed E-state index contributed by atoms with van der Waals surface area (Å²) in [6, 6.07) is 0.306. The lowest BCUT2D eigenvalue weighted by atomic mass is 10.1. The van der Waals surface area contributed by atoms with Crippen molar-refractivity contribution in [3.63, 3.8) is 0 Å². The Bertz CT molecular complexity index is 189. The maximum Gasteiger partial charge on any atom is 0.0229 e. The first-order valence-corrected chi connectivity index (χ1v) is 6.97. The van der Waals surface area contributed by atoms with E-state index in [2.05, 4.69) is 24.4 Å². The first-order valence-electron chi connectivity index (χ1n) is 6.97. The molecule has 0 spiro atoms. The highest BCUT2D eigenvalue weighted by molar-refractivity contribution is 5.04. The average molecular weight is 224 g/mol. The predicted molar refractivity (Wildman–Crippen MR) is 71.5 cm³/mol. The van der Waals surface area contributed by atoms with E-state index in [0.29, 0.717) is 12.0 Å². The normalized spacial score (nSPS) is 24.1. The molecule has 1 aliphatic rings. The molecule has 2 unspecified atom stereocenters. The Kier molecular flexibility index (Phi) is 7.52.